The van der Waals surface area contributed by atoms with Gasteiger partial charge in [-0.05, 0) is 30.5 Å². The van der Waals surface area contributed by atoms with Crippen molar-refractivity contribution in [3.63, 3.8) is 0 Å². The highest BCUT2D eigenvalue weighted by atomic mass is 16.3. The molecule has 0 bridgehead atoms. The van der Waals surface area contributed by atoms with Gasteiger partial charge in [0.2, 0.25) is 17.7 Å². The minimum absolute atomic E-state index is 0.0865. The Labute approximate surface area is 186 Å². The monoisotopic (exact) mass is 444 g/mol. The van der Waals surface area contributed by atoms with E-state index >= 15 is 0 Å². The van der Waals surface area contributed by atoms with Crippen LogP contribution in [0.25, 0.3) is 0 Å². The number of rotatable bonds is 10. The number of benzene rings is 1. The van der Waals surface area contributed by atoms with E-state index in [-0.39, 0.29) is 25.5 Å². The summed E-state index contributed by atoms with van der Waals surface area (Å²) in [4.78, 5) is 61.4. The zero-order valence-electron chi connectivity index (χ0n) is 18.3. The normalized spacial score (nSPS) is 15.0. The lowest BCUT2D eigenvalue weighted by molar-refractivity contribution is -0.137. The molecule has 2 atom stereocenters. The first kappa shape index (κ1) is 24.7. The van der Waals surface area contributed by atoms with Gasteiger partial charge in [0, 0.05) is 30.8 Å². The molecule has 0 spiro atoms. The molecule has 10 heteroatoms. The van der Waals surface area contributed by atoms with Gasteiger partial charge in [0.25, 0.3) is 11.8 Å². The van der Waals surface area contributed by atoms with Crippen LogP contribution in [0.4, 0.5) is 5.69 Å². The fraction of sp³-hybridized carbons (Fsp3) is 0.409. The summed E-state index contributed by atoms with van der Waals surface area (Å²) in [6, 6.07) is 4.85. The molecule has 5 amide bonds. The zero-order valence-corrected chi connectivity index (χ0v) is 18.3. The van der Waals surface area contributed by atoms with Crippen LogP contribution >= 0.6 is 0 Å². The third kappa shape index (κ3) is 6.74. The van der Waals surface area contributed by atoms with Crippen LogP contribution in [0.1, 0.15) is 32.8 Å². The van der Waals surface area contributed by atoms with Gasteiger partial charge in [0.05, 0.1) is 6.61 Å². The van der Waals surface area contributed by atoms with Crippen molar-refractivity contribution in [2.45, 2.75) is 45.9 Å². The number of carbonyl (C=O) groups excluding carboxylic acids is 5. The quantitative estimate of drug-likeness (QED) is 0.376. The summed E-state index contributed by atoms with van der Waals surface area (Å²) in [6.07, 6.45) is 2.13. The standard InChI is InChI=1S/C22H28N4O6/c1-13(2)20(25-17(28)10-11-26-18(29)8-9-19(26)30)22(32)23-14(3)21(31)24-16-6-4-15(12-27)5-7-16/h4-9,13-14,20,27H,10-12H2,1-3H3,(H,23,32)(H,24,31)(H,25,28)/t14-,20-/m0/s1. The Bertz CT molecular complexity index is 892. The van der Waals surface area contributed by atoms with Crippen molar-refractivity contribution < 1.29 is 29.1 Å². The van der Waals surface area contributed by atoms with Gasteiger partial charge in [-0.15, -0.1) is 0 Å². The molecule has 0 aromatic heterocycles. The van der Waals surface area contributed by atoms with E-state index in [0.717, 1.165) is 17.1 Å². The van der Waals surface area contributed by atoms with Crippen molar-refractivity contribution in [2.75, 3.05) is 11.9 Å². The Morgan fingerprint density at radius 1 is 0.938 bits per heavy atom. The van der Waals surface area contributed by atoms with Crippen molar-refractivity contribution in [1.82, 2.24) is 15.5 Å². The number of carbonyl (C=O) groups is 5. The van der Waals surface area contributed by atoms with Crippen LogP contribution in [0, 0.1) is 5.92 Å². The summed E-state index contributed by atoms with van der Waals surface area (Å²) in [5.74, 6) is -2.69. The van der Waals surface area contributed by atoms with Crippen LogP contribution in [0.15, 0.2) is 36.4 Å². The molecule has 2 rings (SSSR count). The van der Waals surface area contributed by atoms with Crippen LogP contribution in [0.5, 0.6) is 0 Å². The Morgan fingerprint density at radius 3 is 2.06 bits per heavy atom. The van der Waals surface area contributed by atoms with E-state index in [0.29, 0.717) is 11.3 Å². The molecule has 1 aromatic rings. The molecule has 0 saturated carbocycles. The zero-order chi connectivity index (χ0) is 23.8. The molecule has 1 aliphatic heterocycles. The first-order chi connectivity index (χ1) is 15.1. The maximum absolute atomic E-state index is 12.7. The average molecular weight is 444 g/mol. The molecule has 1 heterocycles. The maximum atomic E-state index is 12.7. The summed E-state index contributed by atoms with van der Waals surface area (Å²) in [7, 11) is 0. The average Bonchev–Trinajstić information content (AvgIpc) is 3.07. The number of imide groups is 1. The number of nitrogens with zero attached hydrogens (tertiary/aromatic N) is 1. The summed E-state index contributed by atoms with van der Waals surface area (Å²) < 4.78 is 0. The molecule has 0 unspecified atom stereocenters. The smallest absolute Gasteiger partial charge is 0.253 e. The van der Waals surface area contributed by atoms with Gasteiger partial charge in [-0.2, -0.15) is 0 Å². The predicted molar refractivity (Wildman–Crippen MR) is 116 cm³/mol. The Balaban J connectivity index is 1.87. The molecule has 0 radical (unpaired) electrons. The molecule has 32 heavy (non-hydrogen) atoms. The first-order valence-corrected chi connectivity index (χ1v) is 10.3. The number of aliphatic hydroxyl groups is 1. The van der Waals surface area contributed by atoms with Crippen LogP contribution in [0.2, 0.25) is 0 Å². The molecule has 10 nitrogen and oxygen atoms in total. The van der Waals surface area contributed by atoms with Gasteiger partial charge in [0.1, 0.15) is 12.1 Å². The van der Waals surface area contributed by atoms with Gasteiger partial charge in [-0.25, -0.2) is 0 Å². The third-order valence-electron chi connectivity index (χ3n) is 4.88. The largest absolute Gasteiger partial charge is 0.392 e. The van der Waals surface area contributed by atoms with E-state index in [1.807, 2.05) is 0 Å². The van der Waals surface area contributed by atoms with Crippen LogP contribution in [0.3, 0.4) is 0 Å². The highest BCUT2D eigenvalue weighted by molar-refractivity contribution is 6.13. The molecule has 0 saturated heterocycles. The van der Waals surface area contributed by atoms with Crippen LogP contribution < -0.4 is 16.0 Å². The molecule has 1 aliphatic rings. The minimum atomic E-state index is -0.898. The number of amides is 5. The molecule has 4 N–H and O–H groups in total. The lowest BCUT2D eigenvalue weighted by Gasteiger charge is -2.24. The van der Waals surface area contributed by atoms with E-state index in [9.17, 15) is 24.0 Å². The van der Waals surface area contributed by atoms with Gasteiger partial charge < -0.3 is 21.1 Å². The van der Waals surface area contributed by atoms with Gasteiger partial charge in [-0.3, -0.25) is 28.9 Å². The van der Waals surface area contributed by atoms with Crippen molar-refractivity contribution in [1.29, 1.82) is 0 Å². The number of nitrogens with one attached hydrogen (secondary N) is 3. The van der Waals surface area contributed by atoms with Crippen molar-refractivity contribution in [2.24, 2.45) is 5.92 Å². The fourth-order valence-corrected chi connectivity index (χ4v) is 2.96. The number of anilines is 1. The van der Waals surface area contributed by atoms with E-state index in [2.05, 4.69) is 16.0 Å². The molecular weight excluding hydrogens is 416 g/mol. The van der Waals surface area contributed by atoms with Crippen molar-refractivity contribution >= 4 is 35.2 Å². The van der Waals surface area contributed by atoms with E-state index < -0.39 is 41.6 Å². The van der Waals surface area contributed by atoms with Crippen molar-refractivity contribution in [3.05, 3.63) is 42.0 Å². The molecule has 1 aromatic carbocycles. The highest BCUT2D eigenvalue weighted by Gasteiger charge is 2.28. The summed E-state index contributed by atoms with van der Waals surface area (Å²) >= 11 is 0. The maximum Gasteiger partial charge on any atom is 0.253 e. The first-order valence-electron chi connectivity index (χ1n) is 10.3. The van der Waals surface area contributed by atoms with Crippen LogP contribution in [-0.4, -0.2) is 58.2 Å². The molecule has 172 valence electrons. The van der Waals surface area contributed by atoms with E-state index in [1.54, 1.807) is 38.1 Å². The second kappa shape index (κ2) is 11.2. The Morgan fingerprint density at radius 2 is 1.53 bits per heavy atom. The van der Waals surface area contributed by atoms with Gasteiger partial charge >= 0.3 is 0 Å². The number of aliphatic hydroxyl groups excluding tert-OH is 1. The molecular formula is C22H28N4O6. The van der Waals surface area contributed by atoms with Gasteiger partial charge in [-0.1, -0.05) is 26.0 Å². The number of hydrogen-bond donors (Lipinski definition) is 4. The van der Waals surface area contributed by atoms with E-state index in [1.165, 1.54) is 6.92 Å². The molecule has 0 aliphatic carbocycles. The predicted octanol–water partition coefficient (Wildman–Crippen LogP) is 0.0780. The summed E-state index contributed by atoms with van der Waals surface area (Å²) in [6.45, 7) is 4.82. The molecule has 0 fully saturated rings. The second-order valence-corrected chi connectivity index (χ2v) is 7.78. The van der Waals surface area contributed by atoms with Crippen LogP contribution in [-0.2, 0) is 30.6 Å². The van der Waals surface area contributed by atoms with Gasteiger partial charge in [0.15, 0.2) is 0 Å². The highest BCUT2D eigenvalue weighted by Crippen LogP contribution is 2.10. The second-order valence-electron chi connectivity index (χ2n) is 7.78. The topological polar surface area (TPSA) is 145 Å². The SMILES string of the molecule is CC(C)[C@H](NC(=O)CCN1C(=O)C=CC1=O)C(=O)N[C@@H](C)C(=O)Nc1ccc(CO)cc1. The lowest BCUT2D eigenvalue weighted by Crippen LogP contribution is -2.54. The van der Waals surface area contributed by atoms with E-state index in [4.69, 9.17) is 5.11 Å². The summed E-state index contributed by atoms with van der Waals surface area (Å²) in [5.41, 5.74) is 1.22. The number of hydrogen-bond acceptors (Lipinski definition) is 6. The summed E-state index contributed by atoms with van der Waals surface area (Å²) in [5, 5.41) is 16.9. The lowest BCUT2D eigenvalue weighted by atomic mass is 10.0. The third-order valence-corrected chi connectivity index (χ3v) is 4.88. The Hall–Kier alpha value is -3.53. The minimum Gasteiger partial charge on any atom is -0.392 e. The fourth-order valence-electron chi connectivity index (χ4n) is 2.96. The van der Waals surface area contributed by atoms with Crippen molar-refractivity contribution in [3.8, 4) is 0 Å². The Kier molecular flexibility index (Phi) is 8.65.